The van der Waals surface area contributed by atoms with E-state index in [1.807, 2.05) is 0 Å². The fourth-order valence-corrected chi connectivity index (χ4v) is 2.60. The van der Waals surface area contributed by atoms with E-state index in [4.69, 9.17) is 0 Å². The summed E-state index contributed by atoms with van der Waals surface area (Å²) in [5.74, 6) is 1.22. The van der Waals surface area contributed by atoms with Gasteiger partial charge in [-0.25, -0.2) is 0 Å². The normalized spacial score (nSPS) is 11.4. The van der Waals surface area contributed by atoms with Crippen LogP contribution in [0.3, 0.4) is 0 Å². The highest BCUT2D eigenvalue weighted by molar-refractivity contribution is 9.10. The van der Waals surface area contributed by atoms with E-state index in [2.05, 4.69) is 48.9 Å². The zero-order valence-corrected chi connectivity index (χ0v) is 13.5. The Labute approximate surface area is 123 Å². The molecule has 0 unspecified atom stereocenters. The van der Waals surface area contributed by atoms with Crippen molar-refractivity contribution in [3.05, 3.63) is 28.2 Å². The number of aromatic hydroxyl groups is 1. The molecule has 106 valence electrons. The molecule has 0 saturated carbocycles. The van der Waals surface area contributed by atoms with Crippen LogP contribution in [0.25, 0.3) is 0 Å². The third-order valence-electron chi connectivity index (χ3n) is 3.41. The van der Waals surface area contributed by atoms with Gasteiger partial charge in [0.2, 0.25) is 0 Å². The number of amides is 1. The molecule has 2 N–H and O–H groups in total. The smallest absolute Gasteiger partial charge is 0.255 e. The molecule has 19 heavy (non-hydrogen) atoms. The Morgan fingerprint density at radius 3 is 2.37 bits per heavy atom. The molecule has 0 aliphatic heterocycles. The number of nitrogens with one attached hydrogen (secondary N) is 1. The second-order valence-electron chi connectivity index (χ2n) is 5.52. The molecule has 0 aromatic heterocycles. The topological polar surface area (TPSA) is 49.3 Å². The van der Waals surface area contributed by atoms with Gasteiger partial charge in [0.15, 0.2) is 0 Å². The minimum Gasteiger partial charge on any atom is -0.507 e. The summed E-state index contributed by atoms with van der Waals surface area (Å²) in [6, 6.07) is 4.85. The fraction of sp³-hybridized carbons (Fsp3) is 0.533. The number of hydrogen-bond donors (Lipinski definition) is 2. The summed E-state index contributed by atoms with van der Waals surface area (Å²) in [6.45, 7) is 9.27. The fourth-order valence-electron chi connectivity index (χ4n) is 2.24. The molecule has 3 nitrogen and oxygen atoms in total. The molecule has 0 atom stereocenters. The Bertz CT molecular complexity index is 436. The van der Waals surface area contributed by atoms with Crippen molar-refractivity contribution in [3.8, 4) is 5.75 Å². The van der Waals surface area contributed by atoms with Crippen molar-refractivity contribution in [2.24, 2.45) is 17.8 Å². The first-order valence-electron chi connectivity index (χ1n) is 6.59. The lowest BCUT2D eigenvalue weighted by Crippen LogP contribution is -2.33. The van der Waals surface area contributed by atoms with Gasteiger partial charge in [0.1, 0.15) is 5.75 Å². The SMILES string of the molecule is CC(C)C(CNC(=O)c1cc(Br)ccc1O)C(C)C. The second kappa shape index (κ2) is 6.94. The monoisotopic (exact) mass is 327 g/mol. The average Bonchev–Trinajstić information content (AvgIpc) is 2.31. The van der Waals surface area contributed by atoms with Crippen LogP contribution in [0.2, 0.25) is 0 Å². The summed E-state index contributed by atoms with van der Waals surface area (Å²) in [6.07, 6.45) is 0. The van der Waals surface area contributed by atoms with Crippen molar-refractivity contribution in [2.45, 2.75) is 27.7 Å². The van der Waals surface area contributed by atoms with Crippen LogP contribution in [0, 0.1) is 17.8 Å². The molecule has 0 radical (unpaired) electrons. The molecule has 0 spiro atoms. The third-order valence-corrected chi connectivity index (χ3v) is 3.91. The summed E-state index contributed by atoms with van der Waals surface area (Å²) in [5, 5.41) is 12.6. The number of rotatable bonds is 5. The maximum absolute atomic E-state index is 12.1. The Kier molecular flexibility index (Phi) is 5.85. The molecule has 1 amide bonds. The third kappa shape index (κ3) is 4.53. The van der Waals surface area contributed by atoms with Crippen LogP contribution in [-0.4, -0.2) is 17.6 Å². The Morgan fingerprint density at radius 2 is 1.84 bits per heavy atom. The molecule has 0 saturated heterocycles. The van der Waals surface area contributed by atoms with Gasteiger partial charge in [0.25, 0.3) is 5.91 Å². The first-order chi connectivity index (χ1) is 8.82. The lowest BCUT2D eigenvalue weighted by molar-refractivity contribution is 0.0934. The molecule has 0 fully saturated rings. The zero-order valence-electron chi connectivity index (χ0n) is 11.9. The molecular weight excluding hydrogens is 306 g/mol. The van der Waals surface area contributed by atoms with Gasteiger partial charge in [-0.3, -0.25) is 4.79 Å². The number of phenolic OH excluding ortho intramolecular Hbond substituents is 1. The largest absolute Gasteiger partial charge is 0.507 e. The Balaban J connectivity index is 2.72. The van der Waals surface area contributed by atoms with E-state index in [0.29, 0.717) is 29.9 Å². The molecule has 0 aliphatic carbocycles. The molecule has 1 aromatic rings. The number of benzene rings is 1. The predicted octanol–water partition coefficient (Wildman–Crippen LogP) is 3.81. The van der Waals surface area contributed by atoms with Crippen LogP contribution in [0.5, 0.6) is 5.75 Å². The van der Waals surface area contributed by atoms with Crippen LogP contribution < -0.4 is 5.32 Å². The molecule has 0 aliphatic rings. The van der Waals surface area contributed by atoms with Crippen molar-refractivity contribution in [1.82, 2.24) is 5.32 Å². The molecule has 0 bridgehead atoms. The van der Waals surface area contributed by atoms with Crippen LogP contribution in [-0.2, 0) is 0 Å². The standard InChI is InChI=1S/C15H22BrNO2/c1-9(2)13(10(3)4)8-17-15(19)12-7-11(16)5-6-14(12)18/h5-7,9-10,13,18H,8H2,1-4H3,(H,17,19). The maximum Gasteiger partial charge on any atom is 0.255 e. The number of halogens is 1. The van der Waals surface area contributed by atoms with Crippen LogP contribution in [0.15, 0.2) is 22.7 Å². The van der Waals surface area contributed by atoms with E-state index in [0.717, 1.165) is 4.47 Å². The molecule has 0 heterocycles. The lowest BCUT2D eigenvalue weighted by atomic mass is 9.85. The Morgan fingerprint density at radius 1 is 1.26 bits per heavy atom. The van der Waals surface area contributed by atoms with E-state index in [-0.39, 0.29) is 11.7 Å². The van der Waals surface area contributed by atoms with Crippen molar-refractivity contribution >= 4 is 21.8 Å². The van der Waals surface area contributed by atoms with Crippen molar-refractivity contribution in [2.75, 3.05) is 6.54 Å². The van der Waals surface area contributed by atoms with Gasteiger partial charge < -0.3 is 10.4 Å². The number of carbonyl (C=O) groups excluding carboxylic acids is 1. The first kappa shape index (κ1) is 16.0. The average molecular weight is 328 g/mol. The van der Waals surface area contributed by atoms with Gasteiger partial charge in [-0.2, -0.15) is 0 Å². The molecule has 1 rings (SSSR count). The summed E-state index contributed by atoms with van der Waals surface area (Å²) in [4.78, 5) is 12.1. The number of hydrogen-bond acceptors (Lipinski definition) is 2. The highest BCUT2D eigenvalue weighted by Gasteiger charge is 2.19. The predicted molar refractivity (Wildman–Crippen MR) is 81.3 cm³/mol. The van der Waals surface area contributed by atoms with E-state index >= 15 is 0 Å². The maximum atomic E-state index is 12.1. The number of phenols is 1. The summed E-state index contributed by atoms with van der Waals surface area (Å²) in [7, 11) is 0. The second-order valence-corrected chi connectivity index (χ2v) is 6.44. The summed E-state index contributed by atoms with van der Waals surface area (Å²) >= 11 is 3.30. The highest BCUT2D eigenvalue weighted by Crippen LogP contribution is 2.23. The van der Waals surface area contributed by atoms with Crippen LogP contribution >= 0.6 is 15.9 Å². The van der Waals surface area contributed by atoms with Gasteiger partial charge in [-0.05, 0) is 36.0 Å². The van der Waals surface area contributed by atoms with Crippen molar-refractivity contribution in [1.29, 1.82) is 0 Å². The van der Waals surface area contributed by atoms with Gasteiger partial charge in [-0.15, -0.1) is 0 Å². The van der Waals surface area contributed by atoms with E-state index < -0.39 is 0 Å². The minimum atomic E-state index is -0.231. The van der Waals surface area contributed by atoms with Crippen LogP contribution in [0.1, 0.15) is 38.1 Å². The van der Waals surface area contributed by atoms with Gasteiger partial charge in [0.05, 0.1) is 5.56 Å². The van der Waals surface area contributed by atoms with Crippen LogP contribution in [0.4, 0.5) is 0 Å². The van der Waals surface area contributed by atoms with Gasteiger partial charge >= 0.3 is 0 Å². The minimum absolute atomic E-state index is 0.00587. The van der Waals surface area contributed by atoms with E-state index in [1.54, 1.807) is 12.1 Å². The molecular formula is C15H22BrNO2. The summed E-state index contributed by atoms with van der Waals surface area (Å²) < 4.78 is 0.778. The van der Waals surface area contributed by atoms with E-state index in [9.17, 15) is 9.90 Å². The van der Waals surface area contributed by atoms with E-state index in [1.165, 1.54) is 6.07 Å². The molecule has 1 aromatic carbocycles. The Hall–Kier alpha value is -1.03. The van der Waals surface area contributed by atoms with Crippen molar-refractivity contribution < 1.29 is 9.90 Å². The zero-order chi connectivity index (χ0) is 14.6. The quantitative estimate of drug-likeness (QED) is 0.863. The highest BCUT2D eigenvalue weighted by atomic mass is 79.9. The summed E-state index contributed by atoms with van der Waals surface area (Å²) in [5.41, 5.74) is 0.306. The van der Waals surface area contributed by atoms with Gasteiger partial charge in [-0.1, -0.05) is 43.6 Å². The van der Waals surface area contributed by atoms with Crippen molar-refractivity contribution in [3.63, 3.8) is 0 Å². The first-order valence-corrected chi connectivity index (χ1v) is 7.39. The molecule has 4 heteroatoms. The van der Waals surface area contributed by atoms with Gasteiger partial charge in [0, 0.05) is 11.0 Å². The number of carbonyl (C=O) groups is 1. The lowest BCUT2D eigenvalue weighted by Gasteiger charge is -2.25.